The van der Waals surface area contributed by atoms with Gasteiger partial charge in [-0.1, -0.05) is 97.4 Å². The van der Waals surface area contributed by atoms with Gasteiger partial charge in [0.05, 0.1) is 0 Å². The second-order valence-corrected chi connectivity index (χ2v) is 11.1. The summed E-state index contributed by atoms with van der Waals surface area (Å²) in [6, 6.07) is 0.525. The summed E-state index contributed by atoms with van der Waals surface area (Å²) in [6.45, 7) is 14.6. The summed E-state index contributed by atoms with van der Waals surface area (Å²) in [4.78, 5) is 2.65. The van der Waals surface area contributed by atoms with Gasteiger partial charge < -0.3 is 32.4 Å². The molecule has 1 saturated carbocycles. The molecule has 0 bridgehead atoms. The van der Waals surface area contributed by atoms with Gasteiger partial charge in [0.2, 0.25) is 0 Å². The second-order valence-electron chi connectivity index (χ2n) is 10.7. The highest BCUT2D eigenvalue weighted by molar-refractivity contribution is 6.31. The van der Waals surface area contributed by atoms with Crippen molar-refractivity contribution in [2.24, 2.45) is 28.9 Å². The highest BCUT2D eigenvalue weighted by atomic mass is 35.5. The molecule has 34 heavy (non-hydrogen) atoms. The number of piperidine rings is 1. The molecule has 2 aliphatic carbocycles. The van der Waals surface area contributed by atoms with Crippen LogP contribution in [0.1, 0.15) is 86.5 Å². The summed E-state index contributed by atoms with van der Waals surface area (Å²) in [5, 5.41) is 4.52. The number of halogens is 1. The number of likely N-dealkylation sites (tertiary alicyclic amines) is 1. The molecule has 2 unspecified atom stereocenters. The van der Waals surface area contributed by atoms with E-state index in [1.807, 2.05) is 0 Å². The number of rotatable bonds is 7. The zero-order valence-electron chi connectivity index (χ0n) is 21.6. The van der Waals surface area contributed by atoms with Crippen molar-refractivity contribution in [2.45, 2.75) is 92.5 Å². The number of allylic oxidation sites excluding steroid dienone is 4. The fourth-order valence-electron chi connectivity index (χ4n) is 5.46. The quantitative estimate of drug-likeness (QED) is 0.536. The average molecular weight is 508 g/mol. The zero-order chi connectivity index (χ0) is 22.0. The van der Waals surface area contributed by atoms with E-state index < -0.39 is 0 Å². The van der Waals surface area contributed by atoms with Crippen molar-refractivity contribution in [3.05, 3.63) is 23.3 Å². The molecule has 7 heteroatoms. The van der Waals surface area contributed by atoms with Crippen LogP contribution in [0, 0.1) is 23.2 Å². The molecule has 6 nitrogen and oxygen atoms in total. The molecule has 206 valence electrons. The highest BCUT2D eigenvalue weighted by Crippen LogP contribution is 2.43. The normalized spacial score (nSPS) is 24.6. The van der Waals surface area contributed by atoms with E-state index >= 15 is 0 Å². The van der Waals surface area contributed by atoms with Gasteiger partial charge in [0, 0.05) is 37.3 Å². The number of nitrogens with zero attached hydrogens (tertiary/aromatic N) is 1. The van der Waals surface area contributed by atoms with Crippen LogP contribution in [-0.2, 0) is 0 Å². The van der Waals surface area contributed by atoms with E-state index in [0.717, 1.165) is 30.5 Å². The molecule has 0 aromatic carbocycles. The maximum atomic E-state index is 6.09. The van der Waals surface area contributed by atoms with Gasteiger partial charge in [-0.3, -0.25) is 0 Å². The summed E-state index contributed by atoms with van der Waals surface area (Å²) < 4.78 is 0. The van der Waals surface area contributed by atoms with E-state index in [1.165, 1.54) is 58.0 Å². The average Bonchev–Trinajstić information content (AvgIpc) is 2.73. The molecule has 0 amide bonds. The minimum Gasteiger partial charge on any atom is -0.412 e. The lowest BCUT2D eigenvalue weighted by Gasteiger charge is -2.48. The Morgan fingerprint density at radius 2 is 1.65 bits per heavy atom. The molecular weight excluding hydrogens is 450 g/mol. The van der Waals surface area contributed by atoms with Crippen LogP contribution in [-0.4, -0.2) is 60.1 Å². The second kappa shape index (κ2) is 19.7. The first kappa shape index (κ1) is 38.1. The van der Waals surface area contributed by atoms with Crippen LogP contribution in [0.5, 0.6) is 0 Å². The van der Waals surface area contributed by atoms with Crippen molar-refractivity contribution in [3.63, 3.8) is 0 Å². The Morgan fingerprint density at radius 1 is 1.09 bits per heavy atom. The SMILES string of the molecule is C.C1CCCCC1.CC(C)[C@H](CN1CCC(C2C=CC(Cl)=CC2)C(C)(C)C1)NCCN.O.O.O. The predicted octanol–water partition coefficient (Wildman–Crippen LogP) is 4.11. The molecular formula is C27H58ClN3O3. The molecule has 1 heterocycles. The molecule has 3 aliphatic rings. The van der Waals surface area contributed by atoms with Crippen molar-refractivity contribution < 1.29 is 16.4 Å². The van der Waals surface area contributed by atoms with Crippen LogP contribution in [0.4, 0.5) is 0 Å². The molecule has 3 rings (SSSR count). The van der Waals surface area contributed by atoms with Crippen molar-refractivity contribution in [1.82, 2.24) is 10.2 Å². The summed E-state index contributed by atoms with van der Waals surface area (Å²) in [6.07, 6.45) is 18.0. The Labute approximate surface area is 215 Å². The molecule has 0 aromatic rings. The van der Waals surface area contributed by atoms with Crippen molar-refractivity contribution >= 4 is 11.6 Å². The first-order valence-corrected chi connectivity index (χ1v) is 12.9. The lowest BCUT2D eigenvalue weighted by atomic mass is 9.66. The molecule has 9 N–H and O–H groups in total. The minimum atomic E-state index is 0. The highest BCUT2D eigenvalue weighted by Gasteiger charge is 2.39. The van der Waals surface area contributed by atoms with E-state index in [4.69, 9.17) is 17.3 Å². The lowest BCUT2D eigenvalue weighted by molar-refractivity contribution is 0.0253. The molecule has 2 fully saturated rings. The Hall–Kier alpha value is -0.470. The third-order valence-electron chi connectivity index (χ3n) is 7.31. The van der Waals surface area contributed by atoms with E-state index in [1.54, 1.807) is 0 Å². The fourth-order valence-corrected chi connectivity index (χ4v) is 5.62. The van der Waals surface area contributed by atoms with Gasteiger partial charge in [-0.15, -0.1) is 0 Å². The van der Waals surface area contributed by atoms with Crippen LogP contribution in [0.25, 0.3) is 0 Å². The van der Waals surface area contributed by atoms with Crippen molar-refractivity contribution in [3.8, 4) is 0 Å². The third-order valence-corrected chi connectivity index (χ3v) is 7.59. The number of hydrogen-bond donors (Lipinski definition) is 2. The third kappa shape index (κ3) is 13.0. The summed E-state index contributed by atoms with van der Waals surface area (Å²) >= 11 is 6.09. The number of hydrogen-bond acceptors (Lipinski definition) is 3. The first-order valence-electron chi connectivity index (χ1n) is 12.5. The standard InChI is InChI=1S/C20H36ClN3.C6H12.CH4.3H2O/c1-15(2)19(23-11-10-22)13-24-12-9-18(20(3,4)14-24)16-5-7-17(21)8-6-16;1-2-4-6-5-3-1;;;;/h5,7-8,15-16,18-19,23H,6,9-14,22H2,1-4H3;1-6H2;1H4;3*1H2/t16?,18?,19-;;;;;/m0...../s1. The van der Waals surface area contributed by atoms with Gasteiger partial charge in [0.15, 0.2) is 0 Å². The zero-order valence-corrected chi connectivity index (χ0v) is 22.4. The van der Waals surface area contributed by atoms with Gasteiger partial charge in [0.1, 0.15) is 0 Å². The number of nitrogens with two attached hydrogens (primary N) is 1. The Kier molecular flexibility index (Phi) is 22.0. The van der Waals surface area contributed by atoms with E-state index in [0.29, 0.717) is 29.8 Å². The van der Waals surface area contributed by atoms with Gasteiger partial charge in [-0.25, -0.2) is 0 Å². The smallest absolute Gasteiger partial charge is 0.0363 e. The molecule has 3 atom stereocenters. The van der Waals surface area contributed by atoms with E-state index in [2.05, 4.69) is 56.1 Å². The van der Waals surface area contributed by atoms with Gasteiger partial charge in [-0.2, -0.15) is 0 Å². The Balaban J connectivity index is -0.000000841. The summed E-state index contributed by atoms with van der Waals surface area (Å²) in [7, 11) is 0. The fraction of sp³-hybridized carbons (Fsp3) is 0.852. The van der Waals surface area contributed by atoms with Crippen LogP contribution in [0.3, 0.4) is 0 Å². The van der Waals surface area contributed by atoms with Gasteiger partial charge >= 0.3 is 0 Å². The molecule has 0 radical (unpaired) electrons. The van der Waals surface area contributed by atoms with Gasteiger partial charge in [-0.05, 0) is 48.6 Å². The van der Waals surface area contributed by atoms with Gasteiger partial charge in [0.25, 0.3) is 0 Å². The van der Waals surface area contributed by atoms with Crippen LogP contribution in [0.15, 0.2) is 23.3 Å². The Morgan fingerprint density at radius 3 is 2.06 bits per heavy atom. The Bertz CT molecular complexity index is 540. The first-order chi connectivity index (χ1) is 14.3. The topological polar surface area (TPSA) is 136 Å². The monoisotopic (exact) mass is 507 g/mol. The molecule has 0 aromatic heterocycles. The van der Waals surface area contributed by atoms with Crippen molar-refractivity contribution in [2.75, 3.05) is 32.7 Å². The molecule has 1 saturated heterocycles. The summed E-state index contributed by atoms with van der Waals surface area (Å²) in [5.74, 6) is 2.01. The minimum absolute atomic E-state index is 0. The number of nitrogens with one attached hydrogen (secondary N) is 1. The van der Waals surface area contributed by atoms with Crippen LogP contribution < -0.4 is 11.1 Å². The molecule has 1 aliphatic heterocycles. The van der Waals surface area contributed by atoms with Crippen LogP contribution >= 0.6 is 11.6 Å². The van der Waals surface area contributed by atoms with Crippen molar-refractivity contribution in [1.29, 1.82) is 0 Å². The summed E-state index contributed by atoms with van der Waals surface area (Å²) in [5.41, 5.74) is 6.00. The largest absolute Gasteiger partial charge is 0.412 e. The van der Waals surface area contributed by atoms with E-state index in [-0.39, 0.29) is 23.9 Å². The van der Waals surface area contributed by atoms with E-state index in [9.17, 15) is 0 Å². The maximum Gasteiger partial charge on any atom is 0.0363 e. The predicted molar refractivity (Wildman–Crippen MR) is 150 cm³/mol. The van der Waals surface area contributed by atoms with Crippen LogP contribution in [0.2, 0.25) is 0 Å². The lowest BCUT2D eigenvalue weighted by Crippen LogP contribution is -2.53. The molecule has 0 spiro atoms. The maximum absolute atomic E-state index is 6.09.